The molecule has 1 heterocycles. The molecule has 106 valence electrons. The van der Waals surface area contributed by atoms with Crippen molar-refractivity contribution in [1.82, 2.24) is 4.90 Å². The molecule has 2 rings (SSSR count). The van der Waals surface area contributed by atoms with Crippen LogP contribution in [0.25, 0.3) is 0 Å². The van der Waals surface area contributed by atoms with E-state index >= 15 is 0 Å². The maximum Gasteiger partial charge on any atom is 0.0746 e. The average molecular weight is 255 g/mol. The zero-order valence-corrected chi connectivity index (χ0v) is 12.2. The monoisotopic (exact) mass is 255 g/mol. The number of ether oxygens (including phenoxy) is 1. The summed E-state index contributed by atoms with van der Waals surface area (Å²) in [6.07, 6.45) is 6.07. The molecule has 1 saturated carbocycles. The fraction of sp³-hybridized carbons (Fsp3) is 1.00. The predicted octanol–water partition coefficient (Wildman–Crippen LogP) is 2.43. The molecule has 0 amide bonds. The SMILES string of the molecule is CCN(CC1CCCO1)C1CCCC(C)(C)C1O. The molecule has 0 aromatic heterocycles. The molecular weight excluding hydrogens is 226 g/mol. The van der Waals surface area contributed by atoms with Gasteiger partial charge in [0.1, 0.15) is 0 Å². The van der Waals surface area contributed by atoms with Gasteiger partial charge >= 0.3 is 0 Å². The Labute approximate surface area is 112 Å². The van der Waals surface area contributed by atoms with Crippen molar-refractivity contribution in [3.63, 3.8) is 0 Å². The number of hydrogen-bond donors (Lipinski definition) is 1. The Bertz CT molecular complexity index is 261. The summed E-state index contributed by atoms with van der Waals surface area (Å²) < 4.78 is 5.74. The third kappa shape index (κ3) is 3.06. The summed E-state index contributed by atoms with van der Waals surface area (Å²) in [5.41, 5.74) is 0.0624. The van der Waals surface area contributed by atoms with E-state index in [-0.39, 0.29) is 11.5 Å². The van der Waals surface area contributed by atoms with Crippen molar-refractivity contribution in [3.05, 3.63) is 0 Å². The van der Waals surface area contributed by atoms with Gasteiger partial charge in [-0.25, -0.2) is 0 Å². The van der Waals surface area contributed by atoms with E-state index in [4.69, 9.17) is 4.74 Å². The molecule has 0 radical (unpaired) electrons. The molecule has 1 aliphatic carbocycles. The Hall–Kier alpha value is -0.120. The maximum atomic E-state index is 10.6. The Morgan fingerprint density at radius 2 is 2.06 bits per heavy atom. The van der Waals surface area contributed by atoms with E-state index in [9.17, 15) is 5.11 Å². The zero-order chi connectivity index (χ0) is 13.2. The van der Waals surface area contributed by atoms with Crippen LogP contribution in [-0.4, -0.2) is 48.0 Å². The minimum Gasteiger partial charge on any atom is -0.391 e. The minimum atomic E-state index is -0.201. The highest BCUT2D eigenvalue weighted by molar-refractivity contribution is 4.93. The van der Waals surface area contributed by atoms with Gasteiger partial charge in [0.2, 0.25) is 0 Å². The van der Waals surface area contributed by atoms with Crippen LogP contribution in [0.3, 0.4) is 0 Å². The molecular formula is C15H29NO2. The second-order valence-electron chi connectivity index (χ2n) is 6.62. The molecule has 3 atom stereocenters. The third-order valence-electron chi connectivity index (χ3n) is 4.82. The molecule has 0 spiro atoms. The van der Waals surface area contributed by atoms with Crippen LogP contribution in [0.15, 0.2) is 0 Å². The van der Waals surface area contributed by atoms with Gasteiger partial charge in [-0.05, 0) is 37.6 Å². The molecule has 3 heteroatoms. The van der Waals surface area contributed by atoms with E-state index in [1.807, 2.05) is 0 Å². The normalized spacial score (nSPS) is 36.2. The van der Waals surface area contributed by atoms with Gasteiger partial charge in [-0.1, -0.05) is 27.2 Å². The van der Waals surface area contributed by atoms with Gasteiger partial charge < -0.3 is 9.84 Å². The molecule has 18 heavy (non-hydrogen) atoms. The molecule has 2 fully saturated rings. The standard InChI is InChI=1S/C15H29NO2/c1-4-16(11-12-7-6-10-18-12)13-8-5-9-15(2,3)14(13)17/h12-14,17H,4-11H2,1-3H3. The average Bonchev–Trinajstić information content (AvgIpc) is 2.83. The molecule has 0 aromatic rings. The second kappa shape index (κ2) is 5.89. The lowest BCUT2D eigenvalue weighted by atomic mass is 9.72. The zero-order valence-electron chi connectivity index (χ0n) is 12.2. The van der Waals surface area contributed by atoms with Gasteiger partial charge in [0, 0.05) is 19.2 Å². The molecule has 2 aliphatic rings. The second-order valence-corrected chi connectivity index (χ2v) is 6.62. The van der Waals surface area contributed by atoms with Crippen molar-refractivity contribution in [2.75, 3.05) is 19.7 Å². The van der Waals surface area contributed by atoms with Gasteiger partial charge in [0.15, 0.2) is 0 Å². The van der Waals surface area contributed by atoms with Crippen molar-refractivity contribution in [2.45, 2.75) is 71.1 Å². The largest absolute Gasteiger partial charge is 0.391 e. The highest BCUT2D eigenvalue weighted by Gasteiger charge is 2.40. The van der Waals surface area contributed by atoms with Gasteiger partial charge in [0.25, 0.3) is 0 Å². The summed E-state index contributed by atoms with van der Waals surface area (Å²) in [6, 6.07) is 0.322. The van der Waals surface area contributed by atoms with Crippen molar-refractivity contribution >= 4 is 0 Å². The van der Waals surface area contributed by atoms with Crippen LogP contribution in [0.2, 0.25) is 0 Å². The molecule has 3 nitrogen and oxygen atoms in total. The molecule has 3 unspecified atom stereocenters. The molecule has 1 saturated heterocycles. The quantitative estimate of drug-likeness (QED) is 0.837. The topological polar surface area (TPSA) is 32.7 Å². The highest BCUT2D eigenvalue weighted by Crippen LogP contribution is 2.37. The third-order valence-corrected chi connectivity index (χ3v) is 4.82. The predicted molar refractivity (Wildman–Crippen MR) is 73.6 cm³/mol. The van der Waals surface area contributed by atoms with Crippen molar-refractivity contribution in [1.29, 1.82) is 0 Å². The number of hydrogen-bond acceptors (Lipinski definition) is 3. The Balaban J connectivity index is 1.97. The number of rotatable bonds is 4. The first kappa shape index (κ1) is 14.3. The first-order chi connectivity index (χ1) is 8.54. The highest BCUT2D eigenvalue weighted by atomic mass is 16.5. The van der Waals surface area contributed by atoms with Crippen LogP contribution < -0.4 is 0 Å². The lowest BCUT2D eigenvalue weighted by Gasteiger charge is -2.46. The van der Waals surface area contributed by atoms with E-state index in [1.54, 1.807) is 0 Å². The van der Waals surface area contributed by atoms with Crippen LogP contribution in [0.1, 0.15) is 52.9 Å². The van der Waals surface area contributed by atoms with E-state index < -0.39 is 0 Å². The summed E-state index contributed by atoms with van der Waals surface area (Å²) in [5.74, 6) is 0. The van der Waals surface area contributed by atoms with E-state index in [0.29, 0.717) is 12.1 Å². The fourth-order valence-electron chi connectivity index (χ4n) is 3.52. The van der Waals surface area contributed by atoms with E-state index in [0.717, 1.165) is 32.5 Å². The minimum absolute atomic E-state index is 0.0624. The van der Waals surface area contributed by atoms with E-state index in [1.165, 1.54) is 19.3 Å². The van der Waals surface area contributed by atoms with E-state index in [2.05, 4.69) is 25.7 Å². The number of aliphatic hydroxyl groups excluding tert-OH is 1. The number of aliphatic hydroxyl groups is 1. The van der Waals surface area contributed by atoms with Crippen molar-refractivity contribution < 1.29 is 9.84 Å². The van der Waals surface area contributed by atoms with Gasteiger partial charge in [0.05, 0.1) is 12.2 Å². The lowest BCUT2D eigenvalue weighted by molar-refractivity contribution is -0.0662. The van der Waals surface area contributed by atoms with Crippen LogP contribution in [0, 0.1) is 5.41 Å². The molecule has 0 bridgehead atoms. The first-order valence-corrected chi connectivity index (χ1v) is 7.58. The van der Waals surface area contributed by atoms with Crippen LogP contribution in [-0.2, 0) is 4.74 Å². The molecule has 0 aromatic carbocycles. The molecule has 1 N–H and O–H groups in total. The van der Waals surface area contributed by atoms with Crippen LogP contribution in [0.4, 0.5) is 0 Å². The van der Waals surface area contributed by atoms with Gasteiger partial charge in [-0.2, -0.15) is 0 Å². The number of nitrogens with zero attached hydrogens (tertiary/aromatic N) is 1. The number of likely N-dealkylation sites (N-methyl/N-ethyl adjacent to an activating group) is 1. The molecule has 1 aliphatic heterocycles. The summed E-state index contributed by atoms with van der Waals surface area (Å²) >= 11 is 0. The Kier molecular flexibility index (Phi) is 4.68. The summed E-state index contributed by atoms with van der Waals surface area (Å²) in [6.45, 7) is 9.52. The lowest BCUT2D eigenvalue weighted by Crippen LogP contribution is -2.53. The first-order valence-electron chi connectivity index (χ1n) is 7.58. The van der Waals surface area contributed by atoms with Crippen molar-refractivity contribution in [2.24, 2.45) is 5.41 Å². The maximum absolute atomic E-state index is 10.6. The Morgan fingerprint density at radius 1 is 1.28 bits per heavy atom. The smallest absolute Gasteiger partial charge is 0.0746 e. The van der Waals surface area contributed by atoms with Crippen molar-refractivity contribution in [3.8, 4) is 0 Å². The summed E-state index contributed by atoms with van der Waals surface area (Å²) in [7, 11) is 0. The van der Waals surface area contributed by atoms with Crippen LogP contribution >= 0.6 is 0 Å². The van der Waals surface area contributed by atoms with Gasteiger partial charge in [-0.3, -0.25) is 4.90 Å². The van der Waals surface area contributed by atoms with Crippen LogP contribution in [0.5, 0.6) is 0 Å². The summed E-state index contributed by atoms with van der Waals surface area (Å²) in [4.78, 5) is 2.45. The Morgan fingerprint density at radius 3 is 2.67 bits per heavy atom. The fourth-order valence-corrected chi connectivity index (χ4v) is 3.52. The summed E-state index contributed by atoms with van der Waals surface area (Å²) in [5, 5.41) is 10.6. The van der Waals surface area contributed by atoms with Gasteiger partial charge in [-0.15, -0.1) is 0 Å².